The van der Waals surface area contributed by atoms with Gasteiger partial charge in [-0.15, -0.1) is 0 Å². The second kappa shape index (κ2) is 6.23. The Bertz CT molecular complexity index is 595. The van der Waals surface area contributed by atoms with E-state index in [9.17, 15) is 8.42 Å². The van der Waals surface area contributed by atoms with Crippen molar-refractivity contribution < 1.29 is 8.42 Å². The molecule has 1 atom stereocenters. The Balaban J connectivity index is 2.24. The number of sulfonamides is 1. The first-order valence-electron chi connectivity index (χ1n) is 7.43. The van der Waals surface area contributed by atoms with E-state index in [1.165, 1.54) is 31.2 Å². The predicted octanol–water partition coefficient (Wildman–Crippen LogP) is 2.51. The van der Waals surface area contributed by atoms with Gasteiger partial charge < -0.3 is 11.1 Å². The number of nitrogen functional groups attached to an aromatic ring is 1. The fourth-order valence-electron chi connectivity index (χ4n) is 2.40. The first-order valence-corrected chi connectivity index (χ1v) is 8.87. The fourth-order valence-corrected chi connectivity index (χ4v) is 3.43. The van der Waals surface area contributed by atoms with Gasteiger partial charge in [0.05, 0.1) is 11.4 Å². The average Bonchev–Trinajstić information content (AvgIpc) is 3.23. The Labute approximate surface area is 127 Å². The normalized spacial score (nSPS) is 17.0. The van der Waals surface area contributed by atoms with Crippen molar-refractivity contribution >= 4 is 21.4 Å². The largest absolute Gasteiger partial charge is 0.396 e. The first kappa shape index (κ1) is 16.1. The molecule has 1 aliphatic carbocycles. The van der Waals surface area contributed by atoms with Crippen LogP contribution in [0, 0.1) is 5.92 Å². The zero-order valence-electron chi connectivity index (χ0n) is 13.0. The maximum atomic E-state index is 12.3. The molecule has 2 rings (SSSR count). The first-order chi connectivity index (χ1) is 9.86. The SMILES string of the molecule is CCC(CC1CC1)Nc1cccc(S(=O)(=O)N(C)C)c1N. The Kier molecular flexibility index (Phi) is 4.78. The molecule has 1 aromatic carbocycles. The van der Waals surface area contributed by atoms with Gasteiger partial charge in [0.1, 0.15) is 4.90 Å². The van der Waals surface area contributed by atoms with E-state index in [0.29, 0.717) is 17.4 Å². The molecule has 1 aliphatic rings. The minimum Gasteiger partial charge on any atom is -0.396 e. The maximum Gasteiger partial charge on any atom is 0.244 e. The van der Waals surface area contributed by atoms with Gasteiger partial charge in [0, 0.05) is 20.1 Å². The molecule has 0 radical (unpaired) electrons. The quantitative estimate of drug-likeness (QED) is 0.759. The molecule has 5 nitrogen and oxygen atoms in total. The molecule has 1 aromatic rings. The summed E-state index contributed by atoms with van der Waals surface area (Å²) in [5, 5.41) is 3.41. The molecular formula is C15H25N3O2S. The molecule has 1 fully saturated rings. The molecule has 0 saturated heterocycles. The lowest BCUT2D eigenvalue weighted by atomic mass is 10.1. The van der Waals surface area contributed by atoms with Crippen molar-refractivity contribution in [2.75, 3.05) is 25.1 Å². The lowest BCUT2D eigenvalue weighted by molar-refractivity contribution is 0.521. The summed E-state index contributed by atoms with van der Waals surface area (Å²) in [5.74, 6) is 0.817. The zero-order chi connectivity index (χ0) is 15.6. The van der Waals surface area contributed by atoms with Gasteiger partial charge in [0.25, 0.3) is 0 Å². The van der Waals surface area contributed by atoms with Crippen LogP contribution in [0.3, 0.4) is 0 Å². The number of nitrogens with zero attached hydrogens (tertiary/aromatic N) is 1. The van der Waals surface area contributed by atoms with Crippen molar-refractivity contribution in [1.82, 2.24) is 4.31 Å². The highest BCUT2D eigenvalue weighted by molar-refractivity contribution is 7.89. The highest BCUT2D eigenvalue weighted by atomic mass is 32.2. The molecule has 1 unspecified atom stereocenters. The topological polar surface area (TPSA) is 75.4 Å². The Morgan fingerprint density at radius 1 is 1.38 bits per heavy atom. The van der Waals surface area contributed by atoms with E-state index in [1.54, 1.807) is 12.1 Å². The smallest absolute Gasteiger partial charge is 0.244 e. The molecule has 0 amide bonds. The van der Waals surface area contributed by atoms with Crippen molar-refractivity contribution in [3.8, 4) is 0 Å². The number of hydrogen-bond acceptors (Lipinski definition) is 4. The van der Waals surface area contributed by atoms with Gasteiger partial charge in [0.2, 0.25) is 10.0 Å². The van der Waals surface area contributed by atoms with Gasteiger partial charge in [-0.1, -0.05) is 25.8 Å². The van der Waals surface area contributed by atoms with E-state index in [-0.39, 0.29) is 4.90 Å². The minimum atomic E-state index is -3.51. The van der Waals surface area contributed by atoms with Crippen molar-refractivity contribution in [3.63, 3.8) is 0 Å². The third kappa shape index (κ3) is 3.68. The summed E-state index contributed by atoms with van der Waals surface area (Å²) in [6.45, 7) is 2.14. The molecule has 118 valence electrons. The molecule has 6 heteroatoms. The van der Waals surface area contributed by atoms with Crippen LogP contribution in [-0.2, 0) is 10.0 Å². The Morgan fingerprint density at radius 3 is 2.57 bits per heavy atom. The number of anilines is 2. The standard InChI is InChI=1S/C15H25N3O2S/c1-4-12(10-11-8-9-11)17-13-6-5-7-14(15(13)16)21(19,20)18(2)3/h5-7,11-12,17H,4,8-10,16H2,1-3H3. The highest BCUT2D eigenvalue weighted by Gasteiger charge is 2.26. The Hall–Kier alpha value is -1.27. The number of nitrogens with two attached hydrogens (primary N) is 1. The molecule has 1 saturated carbocycles. The van der Waals surface area contributed by atoms with Crippen LogP contribution in [0.15, 0.2) is 23.1 Å². The minimum absolute atomic E-state index is 0.166. The molecule has 0 aromatic heterocycles. The number of nitrogens with one attached hydrogen (secondary N) is 1. The van der Waals surface area contributed by atoms with E-state index < -0.39 is 10.0 Å². The zero-order valence-corrected chi connectivity index (χ0v) is 13.8. The van der Waals surface area contributed by atoms with Gasteiger partial charge in [0.15, 0.2) is 0 Å². The van der Waals surface area contributed by atoms with Crippen LogP contribution in [-0.4, -0.2) is 32.9 Å². The number of benzene rings is 1. The van der Waals surface area contributed by atoms with E-state index in [4.69, 9.17) is 5.73 Å². The van der Waals surface area contributed by atoms with Gasteiger partial charge in [-0.25, -0.2) is 12.7 Å². The van der Waals surface area contributed by atoms with Crippen LogP contribution in [0.25, 0.3) is 0 Å². The molecule has 21 heavy (non-hydrogen) atoms. The molecule has 0 spiro atoms. The lowest BCUT2D eigenvalue weighted by Gasteiger charge is -2.21. The number of hydrogen-bond donors (Lipinski definition) is 2. The van der Waals surface area contributed by atoms with Crippen LogP contribution < -0.4 is 11.1 Å². The number of para-hydroxylation sites is 1. The van der Waals surface area contributed by atoms with E-state index in [2.05, 4.69) is 12.2 Å². The predicted molar refractivity (Wildman–Crippen MR) is 86.8 cm³/mol. The van der Waals surface area contributed by atoms with Crippen LogP contribution in [0.2, 0.25) is 0 Å². The summed E-state index contributed by atoms with van der Waals surface area (Å²) < 4.78 is 25.7. The summed E-state index contributed by atoms with van der Waals surface area (Å²) >= 11 is 0. The van der Waals surface area contributed by atoms with Crippen LogP contribution in [0.1, 0.15) is 32.6 Å². The lowest BCUT2D eigenvalue weighted by Crippen LogP contribution is -2.24. The molecule has 0 aliphatic heterocycles. The molecular weight excluding hydrogens is 286 g/mol. The van der Waals surface area contributed by atoms with E-state index in [1.807, 2.05) is 6.07 Å². The van der Waals surface area contributed by atoms with Crippen LogP contribution >= 0.6 is 0 Å². The third-order valence-electron chi connectivity index (χ3n) is 3.99. The van der Waals surface area contributed by atoms with Gasteiger partial charge in [-0.2, -0.15) is 0 Å². The van der Waals surface area contributed by atoms with Crippen LogP contribution in [0.4, 0.5) is 11.4 Å². The van der Waals surface area contributed by atoms with Crippen molar-refractivity contribution in [2.24, 2.45) is 5.92 Å². The summed E-state index contributed by atoms with van der Waals surface area (Å²) in [6, 6.07) is 5.48. The number of rotatable bonds is 7. The Morgan fingerprint density at radius 2 is 2.05 bits per heavy atom. The van der Waals surface area contributed by atoms with Crippen LogP contribution in [0.5, 0.6) is 0 Å². The summed E-state index contributed by atoms with van der Waals surface area (Å²) in [5.41, 5.74) is 7.11. The summed E-state index contributed by atoms with van der Waals surface area (Å²) in [6.07, 6.45) is 4.74. The maximum absolute atomic E-state index is 12.3. The second-order valence-electron chi connectivity index (χ2n) is 5.93. The summed E-state index contributed by atoms with van der Waals surface area (Å²) in [7, 11) is -0.494. The molecule has 0 heterocycles. The van der Waals surface area contributed by atoms with E-state index >= 15 is 0 Å². The second-order valence-corrected chi connectivity index (χ2v) is 8.05. The molecule has 0 bridgehead atoms. The highest BCUT2D eigenvalue weighted by Crippen LogP contribution is 2.36. The van der Waals surface area contributed by atoms with Crippen molar-refractivity contribution in [1.29, 1.82) is 0 Å². The third-order valence-corrected chi connectivity index (χ3v) is 5.87. The van der Waals surface area contributed by atoms with E-state index in [0.717, 1.165) is 18.8 Å². The van der Waals surface area contributed by atoms with Crippen molar-refractivity contribution in [3.05, 3.63) is 18.2 Å². The van der Waals surface area contributed by atoms with Gasteiger partial charge >= 0.3 is 0 Å². The van der Waals surface area contributed by atoms with Gasteiger partial charge in [-0.3, -0.25) is 0 Å². The molecule has 3 N–H and O–H groups in total. The monoisotopic (exact) mass is 311 g/mol. The summed E-state index contributed by atoms with van der Waals surface area (Å²) in [4.78, 5) is 0.166. The van der Waals surface area contributed by atoms with Crippen molar-refractivity contribution in [2.45, 2.75) is 43.5 Å². The fraction of sp³-hybridized carbons (Fsp3) is 0.600. The average molecular weight is 311 g/mol. The van der Waals surface area contributed by atoms with Gasteiger partial charge in [-0.05, 0) is 30.9 Å².